The molecule has 0 aromatic heterocycles. The largest absolute Gasteiger partial charge is 0.445 e. The molecule has 2 amide bonds. The Morgan fingerprint density at radius 1 is 0.929 bits per heavy atom. The van der Waals surface area contributed by atoms with Crippen molar-refractivity contribution in [2.24, 2.45) is 11.7 Å². The molecular weight excluding hydrogens is 354 g/mol. The second-order valence-electron chi connectivity index (χ2n) is 7.19. The second-order valence-corrected chi connectivity index (χ2v) is 7.19. The minimum Gasteiger partial charge on any atom is -0.445 e. The van der Waals surface area contributed by atoms with Crippen molar-refractivity contribution in [2.45, 2.75) is 45.5 Å². The van der Waals surface area contributed by atoms with E-state index in [2.05, 4.69) is 10.6 Å². The van der Waals surface area contributed by atoms with Crippen molar-refractivity contribution >= 4 is 12.0 Å². The summed E-state index contributed by atoms with van der Waals surface area (Å²) in [4.78, 5) is 24.9. The van der Waals surface area contributed by atoms with Gasteiger partial charge in [-0.2, -0.15) is 0 Å². The third-order valence-corrected chi connectivity index (χ3v) is 4.16. The number of carbonyl (C=O) groups excluding carboxylic acids is 2. The molecule has 0 aliphatic rings. The van der Waals surface area contributed by atoms with Gasteiger partial charge in [-0.3, -0.25) is 4.79 Å². The highest BCUT2D eigenvalue weighted by Gasteiger charge is 2.23. The smallest absolute Gasteiger partial charge is 0.408 e. The molecule has 150 valence electrons. The van der Waals surface area contributed by atoms with Gasteiger partial charge in [-0.15, -0.1) is 0 Å². The fourth-order valence-corrected chi connectivity index (χ4v) is 2.82. The Morgan fingerprint density at radius 3 is 2.07 bits per heavy atom. The Balaban J connectivity index is 1.98. The normalized spacial score (nSPS) is 12.9. The van der Waals surface area contributed by atoms with Crippen LogP contribution in [0.25, 0.3) is 0 Å². The van der Waals surface area contributed by atoms with E-state index in [4.69, 9.17) is 10.5 Å². The molecule has 1 unspecified atom stereocenters. The average molecular weight is 383 g/mol. The monoisotopic (exact) mass is 383 g/mol. The molecule has 6 heteroatoms. The van der Waals surface area contributed by atoms with E-state index in [1.165, 1.54) is 0 Å². The predicted octanol–water partition coefficient (Wildman–Crippen LogP) is 2.97. The Labute approximate surface area is 166 Å². The van der Waals surface area contributed by atoms with E-state index in [0.29, 0.717) is 18.8 Å². The van der Waals surface area contributed by atoms with E-state index in [1.807, 2.05) is 74.5 Å². The van der Waals surface area contributed by atoms with Crippen molar-refractivity contribution in [1.29, 1.82) is 0 Å². The van der Waals surface area contributed by atoms with Crippen LogP contribution in [0.5, 0.6) is 0 Å². The van der Waals surface area contributed by atoms with E-state index in [-0.39, 0.29) is 12.5 Å². The van der Waals surface area contributed by atoms with Gasteiger partial charge in [-0.1, -0.05) is 74.5 Å². The summed E-state index contributed by atoms with van der Waals surface area (Å²) < 4.78 is 5.25. The van der Waals surface area contributed by atoms with Crippen LogP contribution in [0, 0.1) is 5.92 Å². The van der Waals surface area contributed by atoms with Crippen LogP contribution < -0.4 is 16.4 Å². The van der Waals surface area contributed by atoms with Gasteiger partial charge >= 0.3 is 6.09 Å². The van der Waals surface area contributed by atoms with Crippen LogP contribution in [-0.4, -0.2) is 24.2 Å². The topological polar surface area (TPSA) is 93.5 Å². The predicted molar refractivity (Wildman–Crippen MR) is 109 cm³/mol. The Kier molecular flexibility index (Phi) is 8.49. The Morgan fingerprint density at radius 2 is 1.50 bits per heavy atom. The van der Waals surface area contributed by atoms with Gasteiger partial charge in [0.25, 0.3) is 0 Å². The molecule has 2 rings (SSSR count). The first-order valence-corrected chi connectivity index (χ1v) is 9.51. The van der Waals surface area contributed by atoms with Gasteiger partial charge < -0.3 is 21.1 Å². The summed E-state index contributed by atoms with van der Waals surface area (Å²) in [6.07, 6.45) is -0.102. The third-order valence-electron chi connectivity index (χ3n) is 4.16. The minimum atomic E-state index is -0.774. The van der Waals surface area contributed by atoms with Gasteiger partial charge in [0.1, 0.15) is 12.6 Å². The van der Waals surface area contributed by atoms with Crippen LogP contribution in [-0.2, 0) is 22.6 Å². The van der Waals surface area contributed by atoms with Crippen molar-refractivity contribution in [3.63, 3.8) is 0 Å². The van der Waals surface area contributed by atoms with Crippen LogP contribution in [0.2, 0.25) is 0 Å². The van der Waals surface area contributed by atoms with Crippen LogP contribution in [0.3, 0.4) is 0 Å². The average Bonchev–Trinajstić information content (AvgIpc) is 2.67. The van der Waals surface area contributed by atoms with E-state index in [9.17, 15) is 9.59 Å². The molecule has 6 nitrogen and oxygen atoms in total. The molecule has 28 heavy (non-hydrogen) atoms. The lowest BCUT2D eigenvalue weighted by Gasteiger charge is -2.22. The Hall–Kier alpha value is -2.86. The zero-order valence-corrected chi connectivity index (χ0v) is 16.4. The Bertz CT molecular complexity index is 735. The molecule has 0 aliphatic carbocycles. The number of benzene rings is 2. The summed E-state index contributed by atoms with van der Waals surface area (Å²) in [7, 11) is 0. The number of nitrogens with two attached hydrogens (primary N) is 1. The van der Waals surface area contributed by atoms with Gasteiger partial charge in [0.15, 0.2) is 0 Å². The van der Waals surface area contributed by atoms with Gasteiger partial charge in [0, 0.05) is 6.42 Å². The lowest BCUT2D eigenvalue weighted by atomic mass is 10.0. The number of hydrogen-bond acceptors (Lipinski definition) is 4. The standard InChI is InChI=1S/C22H29N3O3/c1-16(2)13-20(23)25-21(26)19(14-17-9-5-3-6-10-17)24-22(27)28-15-18-11-7-4-8-12-18/h3-12,16,19-20H,13-15,23H2,1-2H3,(H,24,27)(H,25,26)/t19-,20?/m0/s1. The van der Waals surface area contributed by atoms with Crippen molar-refractivity contribution in [3.8, 4) is 0 Å². The van der Waals surface area contributed by atoms with Gasteiger partial charge in [-0.25, -0.2) is 4.79 Å². The quantitative estimate of drug-likeness (QED) is 0.580. The number of amides is 2. The van der Waals surface area contributed by atoms with Gasteiger partial charge in [0.05, 0.1) is 6.17 Å². The highest BCUT2D eigenvalue weighted by atomic mass is 16.5. The van der Waals surface area contributed by atoms with Gasteiger partial charge in [-0.05, 0) is 23.5 Å². The minimum absolute atomic E-state index is 0.138. The number of ether oxygens (including phenoxy) is 1. The third kappa shape index (κ3) is 7.80. The molecule has 0 bridgehead atoms. The van der Waals surface area contributed by atoms with Crippen molar-refractivity contribution in [3.05, 3.63) is 71.8 Å². The summed E-state index contributed by atoms with van der Waals surface area (Å²) in [6, 6.07) is 18.1. The van der Waals surface area contributed by atoms with E-state index < -0.39 is 18.3 Å². The van der Waals surface area contributed by atoms with Crippen LogP contribution in [0.15, 0.2) is 60.7 Å². The van der Waals surface area contributed by atoms with Crippen molar-refractivity contribution in [2.75, 3.05) is 0 Å². The molecule has 2 atom stereocenters. The van der Waals surface area contributed by atoms with Crippen LogP contribution in [0.1, 0.15) is 31.4 Å². The van der Waals surface area contributed by atoms with Crippen molar-refractivity contribution < 1.29 is 14.3 Å². The zero-order chi connectivity index (χ0) is 20.4. The second kappa shape index (κ2) is 11.1. The maximum atomic E-state index is 12.7. The fraction of sp³-hybridized carbons (Fsp3) is 0.364. The zero-order valence-electron chi connectivity index (χ0n) is 16.4. The highest BCUT2D eigenvalue weighted by Crippen LogP contribution is 2.07. The first-order chi connectivity index (χ1) is 13.4. The molecule has 0 fully saturated rings. The summed E-state index contributed by atoms with van der Waals surface area (Å²) >= 11 is 0. The van der Waals surface area contributed by atoms with E-state index >= 15 is 0 Å². The summed E-state index contributed by atoms with van der Waals surface area (Å²) in [5.41, 5.74) is 7.81. The number of nitrogens with one attached hydrogen (secondary N) is 2. The molecule has 2 aromatic carbocycles. The summed E-state index contributed by atoms with van der Waals surface area (Å²) in [5, 5.41) is 5.44. The SMILES string of the molecule is CC(C)CC(N)NC(=O)[C@H](Cc1ccccc1)NC(=O)OCc1ccccc1. The maximum Gasteiger partial charge on any atom is 0.408 e. The molecule has 0 radical (unpaired) electrons. The summed E-state index contributed by atoms with van der Waals surface area (Å²) in [6.45, 7) is 4.21. The maximum absolute atomic E-state index is 12.7. The molecule has 2 aromatic rings. The van der Waals surface area contributed by atoms with Gasteiger partial charge in [0.2, 0.25) is 5.91 Å². The number of hydrogen-bond donors (Lipinski definition) is 3. The summed E-state index contributed by atoms with van der Waals surface area (Å²) in [5.74, 6) is 0.0281. The molecule has 0 heterocycles. The molecule has 0 saturated carbocycles. The molecule has 0 aliphatic heterocycles. The van der Waals surface area contributed by atoms with E-state index in [1.54, 1.807) is 0 Å². The highest BCUT2D eigenvalue weighted by molar-refractivity contribution is 5.86. The fourth-order valence-electron chi connectivity index (χ4n) is 2.82. The lowest BCUT2D eigenvalue weighted by Crippen LogP contribution is -2.53. The van der Waals surface area contributed by atoms with Crippen LogP contribution in [0.4, 0.5) is 4.79 Å². The van der Waals surface area contributed by atoms with Crippen molar-refractivity contribution in [1.82, 2.24) is 10.6 Å². The molecule has 0 spiro atoms. The molecule has 4 N–H and O–H groups in total. The van der Waals surface area contributed by atoms with E-state index in [0.717, 1.165) is 11.1 Å². The number of alkyl carbamates (subject to hydrolysis) is 1. The first kappa shape index (κ1) is 21.4. The number of rotatable bonds is 9. The molecular formula is C22H29N3O3. The lowest BCUT2D eigenvalue weighted by molar-refractivity contribution is -0.123. The van der Waals surface area contributed by atoms with Crippen LogP contribution >= 0.6 is 0 Å². The number of carbonyl (C=O) groups is 2. The molecule has 0 saturated heterocycles. The first-order valence-electron chi connectivity index (χ1n) is 9.51.